The monoisotopic (exact) mass is 389 g/mol. The molecule has 8 heteroatoms. The van der Waals surface area contributed by atoms with Gasteiger partial charge >= 0.3 is 0 Å². The number of aryl methyl sites for hydroxylation is 1. The van der Waals surface area contributed by atoms with Crippen LogP contribution in [-0.4, -0.2) is 31.0 Å². The number of benzene rings is 2. The van der Waals surface area contributed by atoms with Gasteiger partial charge < -0.3 is 14.5 Å². The number of hydrogen-bond donors (Lipinski definition) is 2. The molecule has 138 valence electrons. The van der Waals surface area contributed by atoms with Crippen LogP contribution in [0.4, 0.5) is 0 Å². The van der Waals surface area contributed by atoms with Crippen molar-refractivity contribution in [2.24, 2.45) is 0 Å². The predicted octanol–water partition coefficient (Wildman–Crippen LogP) is 4.51. The number of hydrogen-bond acceptors (Lipinski definition) is 7. The maximum Gasteiger partial charge on any atom is 0.277 e. The quantitative estimate of drug-likeness (QED) is 0.293. The summed E-state index contributed by atoms with van der Waals surface area (Å²) in [4.78, 5) is 7.40. The first-order valence-electron chi connectivity index (χ1n) is 8.45. The van der Waals surface area contributed by atoms with Gasteiger partial charge in [-0.3, -0.25) is 0 Å². The molecule has 2 aromatic heterocycles. The Hall–Kier alpha value is -3.57. The van der Waals surface area contributed by atoms with E-state index in [1.54, 1.807) is 0 Å². The number of aromatic amines is 1. The van der Waals surface area contributed by atoms with Gasteiger partial charge in [0.15, 0.2) is 5.82 Å². The van der Waals surface area contributed by atoms with Crippen LogP contribution < -0.4 is 0 Å². The molecular formula is C20H15N5O2S. The van der Waals surface area contributed by atoms with Gasteiger partial charge in [-0.1, -0.05) is 42.1 Å². The number of fused-ring (bicyclic) bond motifs is 1. The van der Waals surface area contributed by atoms with Crippen molar-refractivity contribution < 1.29 is 9.52 Å². The lowest BCUT2D eigenvalue weighted by Crippen LogP contribution is -1.95. The lowest BCUT2D eigenvalue weighted by molar-refractivity contribution is 0.418. The molecule has 0 amide bonds. The predicted molar refractivity (Wildman–Crippen MR) is 106 cm³/mol. The molecule has 2 N–H and O–H groups in total. The fourth-order valence-electron chi connectivity index (χ4n) is 2.72. The maximum absolute atomic E-state index is 10.4. The first-order chi connectivity index (χ1) is 13.7. The van der Waals surface area contributed by atoms with Crippen LogP contribution in [0.2, 0.25) is 0 Å². The van der Waals surface area contributed by atoms with E-state index in [9.17, 15) is 10.4 Å². The van der Waals surface area contributed by atoms with Crippen molar-refractivity contribution in [3.63, 3.8) is 0 Å². The highest BCUT2D eigenvalue weighted by Gasteiger charge is 2.16. The van der Waals surface area contributed by atoms with E-state index < -0.39 is 0 Å². The Morgan fingerprint density at radius 2 is 1.96 bits per heavy atom. The number of H-pyrrole nitrogens is 1. The zero-order chi connectivity index (χ0) is 19.5. The number of imidazole rings is 1. The van der Waals surface area contributed by atoms with Gasteiger partial charge in [0.25, 0.3) is 5.22 Å². The van der Waals surface area contributed by atoms with Gasteiger partial charge in [0.05, 0.1) is 16.8 Å². The van der Waals surface area contributed by atoms with Gasteiger partial charge in [-0.25, -0.2) is 4.98 Å². The molecule has 0 atom stereocenters. The number of allylic oxidation sites excluding steroid dienone is 1. The number of nitrogens with zero attached hydrogens (tertiary/aromatic N) is 4. The molecule has 0 spiro atoms. The van der Waals surface area contributed by atoms with Gasteiger partial charge in [-0.2, -0.15) is 5.26 Å². The van der Waals surface area contributed by atoms with Crippen LogP contribution in [0, 0.1) is 18.3 Å². The van der Waals surface area contributed by atoms with Crippen LogP contribution in [0.5, 0.6) is 0 Å². The molecule has 0 saturated carbocycles. The summed E-state index contributed by atoms with van der Waals surface area (Å²) in [5.41, 5.74) is 3.50. The number of nitriles is 1. The number of aliphatic hydroxyl groups is 1. The van der Waals surface area contributed by atoms with Gasteiger partial charge in [-0.05, 0) is 30.7 Å². The smallest absolute Gasteiger partial charge is 0.277 e. The van der Waals surface area contributed by atoms with Crippen molar-refractivity contribution in [1.82, 2.24) is 20.2 Å². The van der Waals surface area contributed by atoms with Crippen LogP contribution in [-0.2, 0) is 0 Å². The second-order valence-corrected chi connectivity index (χ2v) is 6.94. The lowest BCUT2D eigenvalue weighted by Gasteiger charge is -2.00. The van der Waals surface area contributed by atoms with Crippen molar-refractivity contribution in [2.75, 3.05) is 5.75 Å². The normalized spacial score (nSPS) is 12.0. The molecule has 0 aliphatic carbocycles. The third-order valence-electron chi connectivity index (χ3n) is 4.14. The molecule has 0 saturated heterocycles. The molecule has 0 unspecified atom stereocenters. The van der Waals surface area contributed by atoms with Gasteiger partial charge in [-0.15, -0.1) is 10.2 Å². The molecule has 2 heterocycles. The van der Waals surface area contributed by atoms with Crippen LogP contribution in [0.25, 0.3) is 28.1 Å². The summed E-state index contributed by atoms with van der Waals surface area (Å²) in [7, 11) is 0. The largest absolute Gasteiger partial charge is 0.510 e. The number of aliphatic hydroxyl groups excluding tert-OH is 1. The van der Waals surface area contributed by atoms with E-state index in [1.807, 2.05) is 61.5 Å². The highest BCUT2D eigenvalue weighted by molar-refractivity contribution is 7.99. The summed E-state index contributed by atoms with van der Waals surface area (Å²) in [5.74, 6) is 0.743. The molecule has 0 aliphatic rings. The SMILES string of the molecule is Cc1ccccc1-c1nnc(SCC(O)=C(C#N)c2nc3ccccc3[nH]2)o1. The number of nitrogens with one attached hydrogen (secondary N) is 1. The molecule has 4 rings (SSSR count). The standard InChI is InChI=1S/C20H15N5O2S/c1-12-6-2-3-7-13(12)19-24-25-20(27-19)28-11-17(26)14(10-21)18-22-15-8-4-5-9-16(15)23-18/h2-9,26H,11H2,1H3,(H,22,23). The van der Waals surface area contributed by atoms with Gasteiger partial charge in [0.1, 0.15) is 17.4 Å². The highest BCUT2D eigenvalue weighted by atomic mass is 32.2. The lowest BCUT2D eigenvalue weighted by atomic mass is 10.1. The van der Waals surface area contributed by atoms with E-state index in [-0.39, 0.29) is 17.1 Å². The van der Waals surface area contributed by atoms with Crippen molar-refractivity contribution >= 4 is 28.4 Å². The zero-order valence-corrected chi connectivity index (χ0v) is 15.7. The molecule has 28 heavy (non-hydrogen) atoms. The topological polar surface area (TPSA) is 112 Å². The van der Waals surface area contributed by atoms with Crippen LogP contribution in [0.3, 0.4) is 0 Å². The van der Waals surface area contributed by atoms with Crippen molar-refractivity contribution in [3.8, 4) is 17.5 Å². The molecule has 0 bridgehead atoms. The number of aromatic nitrogens is 4. The molecule has 2 aromatic carbocycles. The molecular weight excluding hydrogens is 374 g/mol. The Balaban J connectivity index is 1.53. The summed E-state index contributed by atoms with van der Waals surface area (Å²) in [6, 6.07) is 17.2. The summed E-state index contributed by atoms with van der Waals surface area (Å²) in [6.07, 6.45) is 0. The molecule has 0 radical (unpaired) electrons. The summed E-state index contributed by atoms with van der Waals surface area (Å²) >= 11 is 1.15. The van der Waals surface area contributed by atoms with E-state index in [4.69, 9.17) is 4.42 Å². The van der Waals surface area contributed by atoms with Crippen molar-refractivity contribution in [1.29, 1.82) is 5.26 Å². The number of para-hydroxylation sites is 2. The average Bonchev–Trinajstić information content (AvgIpc) is 3.34. The Morgan fingerprint density at radius 3 is 2.75 bits per heavy atom. The third-order valence-corrected chi connectivity index (χ3v) is 4.97. The van der Waals surface area contributed by atoms with Gasteiger partial charge in [0, 0.05) is 5.56 Å². The van der Waals surface area contributed by atoms with E-state index >= 15 is 0 Å². The Morgan fingerprint density at radius 1 is 1.18 bits per heavy atom. The van der Waals surface area contributed by atoms with Crippen LogP contribution >= 0.6 is 11.8 Å². The maximum atomic E-state index is 10.4. The third kappa shape index (κ3) is 3.48. The zero-order valence-electron chi connectivity index (χ0n) is 14.9. The minimum atomic E-state index is -0.109. The van der Waals surface area contributed by atoms with E-state index in [1.165, 1.54) is 0 Å². The summed E-state index contributed by atoms with van der Waals surface area (Å²) in [6.45, 7) is 1.97. The minimum Gasteiger partial charge on any atom is -0.510 e. The fourth-order valence-corrected chi connectivity index (χ4v) is 3.36. The molecule has 7 nitrogen and oxygen atoms in total. The first-order valence-corrected chi connectivity index (χ1v) is 9.44. The van der Waals surface area contributed by atoms with E-state index in [0.29, 0.717) is 16.9 Å². The highest BCUT2D eigenvalue weighted by Crippen LogP contribution is 2.27. The number of rotatable bonds is 5. The second-order valence-electron chi connectivity index (χ2n) is 6.01. The Labute approximate surface area is 164 Å². The van der Waals surface area contributed by atoms with Crippen LogP contribution in [0.15, 0.2) is 63.9 Å². The summed E-state index contributed by atoms with van der Waals surface area (Å²) < 4.78 is 5.67. The molecule has 0 fully saturated rings. The number of thioether (sulfide) groups is 1. The van der Waals surface area contributed by atoms with Crippen molar-refractivity contribution in [2.45, 2.75) is 12.1 Å². The molecule has 0 aliphatic heterocycles. The van der Waals surface area contributed by atoms with E-state index in [0.717, 1.165) is 33.9 Å². The summed E-state index contributed by atoms with van der Waals surface area (Å²) in [5, 5.41) is 28.2. The van der Waals surface area contributed by atoms with Crippen LogP contribution in [0.1, 0.15) is 11.4 Å². The minimum absolute atomic E-state index is 0.0855. The Bertz CT molecular complexity index is 1190. The van der Waals surface area contributed by atoms with Crippen molar-refractivity contribution in [3.05, 3.63) is 65.7 Å². The average molecular weight is 389 g/mol. The Kier molecular flexibility index (Phi) is 4.83. The van der Waals surface area contributed by atoms with Gasteiger partial charge in [0.2, 0.25) is 5.89 Å². The first kappa shape index (κ1) is 17.8. The fraction of sp³-hybridized carbons (Fsp3) is 0.100. The molecule has 4 aromatic rings. The second kappa shape index (κ2) is 7.58. The van der Waals surface area contributed by atoms with E-state index in [2.05, 4.69) is 20.2 Å².